The number of nitrogen functional groups attached to an aromatic ring is 1. The van der Waals surface area contributed by atoms with Crippen molar-refractivity contribution in [2.75, 3.05) is 12.3 Å². The Bertz CT molecular complexity index is 881. The van der Waals surface area contributed by atoms with Gasteiger partial charge >= 0.3 is 12.3 Å². The monoisotopic (exact) mass is 369 g/mol. The third kappa shape index (κ3) is 3.53. The van der Waals surface area contributed by atoms with Crippen LogP contribution in [0.1, 0.15) is 11.1 Å². The van der Waals surface area contributed by atoms with Gasteiger partial charge in [0.1, 0.15) is 12.3 Å². The molecule has 3 rings (SSSR count). The average Bonchev–Trinajstić information content (AvgIpc) is 2.57. The number of hydrogen-bond acceptors (Lipinski definition) is 4. The van der Waals surface area contributed by atoms with Gasteiger partial charge in [-0.2, -0.15) is 18.3 Å². The van der Waals surface area contributed by atoms with E-state index in [-0.39, 0.29) is 39.7 Å². The molecular formula is C16H11ClF3N3O2. The van der Waals surface area contributed by atoms with Crippen molar-refractivity contribution in [1.29, 1.82) is 0 Å². The molecule has 130 valence electrons. The Morgan fingerprint density at radius 1 is 1.16 bits per heavy atom. The Balaban J connectivity index is 2.10. The van der Waals surface area contributed by atoms with E-state index in [0.29, 0.717) is 0 Å². The van der Waals surface area contributed by atoms with Gasteiger partial charge in [-0.15, -0.1) is 0 Å². The van der Waals surface area contributed by atoms with Crippen molar-refractivity contribution in [2.24, 2.45) is 5.10 Å². The first kappa shape index (κ1) is 17.1. The van der Waals surface area contributed by atoms with E-state index in [4.69, 9.17) is 22.1 Å². The minimum atomic E-state index is -4.60. The van der Waals surface area contributed by atoms with Crippen LogP contribution in [0.25, 0.3) is 11.1 Å². The molecule has 2 aromatic rings. The van der Waals surface area contributed by atoms with E-state index in [9.17, 15) is 18.0 Å². The Hall–Kier alpha value is -2.74. The van der Waals surface area contributed by atoms with Crippen molar-refractivity contribution >= 4 is 29.1 Å². The standard InChI is InChI=1S/C16H11ClF3N3O2/c17-12-4-2-8(6-13(12)21)10-3-1-9(5-11(10)16(18,19)20)14-7-25-15(24)23-22-14/h1-6H,7,21H2,(H,23,24). The van der Waals surface area contributed by atoms with Gasteiger partial charge in [0.25, 0.3) is 0 Å². The topological polar surface area (TPSA) is 76.7 Å². The number of anilines is 1. The number of alkyl halides is 3. The molecule has 1 heterocycles. The number of rotatable bonds is 2. The Morgan fingerprint density at radius 3 is 2.48 bits per heavy atom. The number of nitrogens with zero attached hydrogens (tertiary/aromatic N) is 1. The second-order valence-corrected chi connectivity index (χ2v) is 5.65. The summed E-state index contributed by atoms with van der Waals surface area (Å²) in [6.45, 7) is -0.212. The number of cyclic esters (lactones) is 1. The maximum Gasteiger partial charge on any atom is 0.428 e. The zero-order chi connectivity index (χ0) is 18.2. The second kappa shape index (κ2) is 6.29. The summed E-state index contributed by atoms with van der Waals surface area (Å²) >= 11 is 5.83. The summed E-state index contributed by atoms with van der Waals surface area (Å²) in [7, 11) is 0. The number of ether oxygens (including phenoxy) is 1. The largest absolute Gasteiger partial charge is 0.442 e. The minimum absolute atomic E-state index is 0.0408. The summed E-state index contributed by atoms with van der Waals surface area (Å²) in [5.74, 6) is 0. The van der Waals surface area contributed by atoms with E-state index >= 15 is 0 Å². The molecule has 0 atom stereocenters. The molecule has 9 heteroatoms. The SMILES string of the molecule is Nc1cc(-c2ccc(C3=NNC(=O)OC3)cc2C(F)(F)F)ccc1Cl. The summed E-state index contributed by atoms with van der Waals surface area (Å²) in [5, 5.41) is 3.98. The number of halogens is 4. The van der Waals surface area contributed by atoms with Crippen LogP contribution in [0.3, 0.4) is 0 Å². The summed E-state index contributed by atoms with van der Waals surface area (Å²) in [6.07, 6.45) is -5.35. The van der Waals surface area contributed by atoms with Crippen molar-refractivity contribution in [1.82, 2.24) is 5.43 Å². The molecule has 0 aromatic heterocycles. The predicted octanol–water partition coefficient (Wildman–Crippen LogP) is 4.05. The van der Waals surface area contributed by atoms with Crippen LogP contribution in [0.15, 0.2) is 41.5 Å². The smallest absolute Gasteiger partial charge is 0.428 e. The Kier molecular flexibility index (Phi) is 4.30. The molecule has 2 aromatic carbocycles. The van der Waals surface area contributed by atoms with Crippen molar-refractivity contribution in [3.05, 3.63) is 52.5 Å². The number of hydrogen-bond donors (Lipinski definition) is 2. The molecule has 0 unspecified atom stereocenters. The number of benzene rings is 2. The fourth-order valence-electron chi connectivity index (χ4n) is 2.38. The molecule has 0 saturated heterocycles. The van der Waals surface area contributed by atoms with E-state index in [2.05, 4.69) is 10.5 Å². The molecule has 0 spiro atoms. The van der Waals surface area contributed by atoms with Crippen molar-refractivity contribution in [3.63, 3.8) is 0 Å². The first-order chi connectivity index (χ1) is 11.8. The van der Waals surface area contributed by atoms with Crippen LogP contribution in [0.2, 0.25) is 5.02 Å². The third-order valence-corrected chi connectivity index (χ3v) is 3.93. The zero-order valence-corrected chi connectivity index (χ0v) is 13.3. The highest BCUT2D eigenvalue weighted by Gasteiger charge is 2.34. The molecule has 25 heavy (non-hydrogen) atoms. The summed E-state index contributed by atoms with van der Waals surface area (Å²) < 4.78 is 45.3. The molecule has 3 N–H and O–H groups in total. The highest BCUT2D eigenvalue weighted by Crippen LogP contribution is 2.39. The van der Waals surface area contributed by atoms with E-state index in [1.54, 1.807) is 0 Å². The summed E-state index contributed by atoms with van der Waals surface area (Å²) in [5.41, 5.74) is 7.71. The molecule has 0 fully saturated rings. The Labute approximate surface area is 145 Å². The lowest BCUT2D eigenvalue weighted by atomic mass is 9.95. The average molecular weight is 370 g/mol. The van der Waals surface area contributed by atoms with E-state index < -0.39 is 17.8 Å². The van der Waals surface area contributed by atoms with Crippen molar-refractivity contribution < 1.29 is 22.7 Å². The zero-order valence-electron chi connectivity index (χ0n) is 12.5. The lowest BCUT2D eigenvalue weighted by Gasteiger charge is -2.17. The second-order valence-electron chi connectivity index (χ2n) is 5.24. The lowest BCUT2D eigenvalue weighted by molar-refractivity contribution is -0.137. The van der Waals surface area contributed by atoms with Crippen LogP contribution >= 0.6 is 11.6 Å². The van der Waals surface area contributed by atoms with Crippen molar-refractivity contribution in [3.8, 4) is 11.1 Å². The number of carbonyl (C=O) groups excluding carboxylic acids is 1. The van der Waals surface area contributed by atoms with Crippen LogP contribution in [0.5, 0.6) is 0 Å². The predicted molar refractivity (Wildman–Crippen MR) is 87.3 cm³/mol. The van der Waals surface area contributed by atoms with Crippen LogP contribution < -0.4 is 11.2 Å². The fraction of sp³-hybridized carbons (Fsp3) is 0.125. The van der Waals surface area contributed by atoms with Gasteiger partial charge in [-0.1, -0.05) is 29.8 Å². The number of nitrogens with one attached hydrogen (secondary N) is 1. The van der Waals surface area contributed by atoms with Crippen LogP contribution in [0.4, 0.5) is 23.7 Å². The molecule has 1 aliphatic heterocycles. The maximum absolute atomic E-state index is 13.5. The van der Waals surface area contributed by atoms with Crippen LogP contribution in [-0.2, 0) is 10.9 Å². The number of hydrazone groups is 1. The highest BCUT2D eigenvalue weighted by molar-refractivity contribution is 6.33. The molecular weight excluding hydrogens is 359 g/mol. The first-order valence-corrected chi connectivity index (χ1v) is 7.40. The number of nitrogens with two attached hydrogens (primary N) is 1. The van der Waals surface area contributed by atoms with Crippen LogP contribution in [-0.4, -0.2) is 18.4 Å². The summed E-state index contributed by atoms with van der Waals surface area (Å²) in [4.78, 5) is 10.9. The molecule has 0 radical (unpaired) electrons. The van der Waals surface area contributed by atoms with Gasteiger partial charge in [0.15, 0.2) is 0 Å². The van der Waals surface area contributed by atoms with E-state index in [0.717, 1.165) is 6.07 Å². The molecule has 1 aliphatic rings. The number of amides is 1. The van der Waals surface area contributed by atoms with E-state index in [1.807, 2.05) is 0 Å². The molecule has 0 bridgehead atoms. The minimum Gasteiger partial charge on any atom is -0.442 e. The van der Waals surface area contributed by atoms with Crippen molar-refractivity contribution in [2.45, 2.75) is 6.18 Å². The van der Waals surface area contributed by atoms with Gasteiger partial charge in [0.2, 0.25) is 0 Å². The third-order valence-electron chi connectivity index (χ3n) is 3.59. The first-order valence-electron chi connectivity index (χ1n) is 7.02. The highest BCUT2D eigenvalue weighted by atomic mass is 35.5. The van der Waals surface area contributed by atoms with Gasteiger partial charge in [-0.3, -0.25) is 0 Å². The normalized spacial score (nSPS) is 14.6. The van der Waals surface area contributed by atoms with Gasteiger partial charge in [0.05, 0.1) is 16.3 Å². The Morgan fingerprint density at radius 2 is 1.88 bits per heavy atom. The summed E-state index contributed by atoms with van der Waals surface area (Å²) in [6, 6.07) is 8.03. The molecule has 1 amide bonds. The fourth-order valence-corrected chi connectivity index (χ4v) is 2.50. The quantitative estimate of drug-likeness (QED) is 0.784. The van der Waals surface area contributed by atoms with Gasteiger partial charge in [0, 0.05) is 5.56 Å². The molecule has 5 nitrogen and oxygen atoms in total. The van der Waals surface area contributed by atoms with Crippen LogP contribution in [0, 0.1) is 0 Å². The number of carbonyl (C=O) groups is 1. The maximum atomic E-state index is 13.5. The van der Waals surface area contributed by atoms with Gasteiger partial charge in [-0.05, 0) is 29.3 Å². The van der Waals surface area contributed by atoms with E-state index in [1.165, 1.54) is 30.3 Å². The molecule has 0 saturated carbocycles. The van der Waals surface area contributed by atoms with Gasteiger partial charge in [-0.25, -0.2) is 10.2 Å². The lowest BCUT2D eigenvalue weighted by Crippen LogP contribution is -2.30. The van der Waals surface area contributed by atoms with Gasteiger partial charge < -0.3 is 10.5 Å². The molecule has 0 aliphatic carbocycles.